The van der Waals surface area contributed by atoms with Crippen LogP contribution in [0.15, 0.2) is 35.7 Å². The second-order valence-corrected chi connectivity index (χ2v) is 7.55. The average molecular weight is 344 g/mol. The maximum atomic E-state index is 12.0. The maximum Gasteiger partial charge on any atom is 0.223 e. The summed E-state index contributed by atoms with van der Waals surface area (Å²) in [5, 5.41) is 16.2. The van der Waals surface area contributed by atoms with Gasteiger partial charge in [0.05, 0.1) is 29.3 Å². The molecule has 1 amide bonds. The van der Waals surface area contributed by atoms with E-state index in [9.17, 15) is 9.90 Å². The summed E-state index contributed by atoms with van der Waals surface area (Å²) < 4.78 is 0. The number of carbonyl (C=O) groups is 1. The zero-order valence-electron chi connectivity index (χ0n) is 13.8. The fraction of sp³-hybridized carbons (Fsp3) is 0.474. The Morgan fingerprint density at radius 1 is 1.21 bits per heavy atom. The molecule has 4 nitrogen and oxygen atoms in total. The van der Waals surface area contributed by atoms with Crippen LogP contribution in [0.5, 0.6) is 0 Å². The van der Waals surface area contributed by atoms with Gasteiger partial charge in [-0.3, -0.25) is 4.79 Å². The van der Waals surface area contributed by atoms with Gasteiger partial charge in [0.25, 0.3) is 0 Å². The number of aromatic nitrogens is 1. The molecule has 0 unspecified atom stereocenters. The van der Waals surface area contributed by atoms with Gasteiger partial charge in [-0.1, -0.05) is 43.2 Å². The number of hydrogen-bond donors (Lipinski definition) is 2. The highest BCUT2D eigenvalue weighted by molar-refractivity contribution is 7.09. The van der Waals surface area contributed by atoms with E-state index >= 15 is 0 Å². The second-order valence-electron chi connectivity index (χ2n) is 6.60. The van der Waals surface area contributed by atoms with Crippen molar-refractivity contribution in [1.29, 1.82) is 0 Å². The van der Waals surface area contributed by atoms with Crippen LogP contribution in [-0.2, 0) is 24.2 Å². The molecule has 0 spiro atoms. The lowest BCUT2D eigenvalue weighted by molar-refractivity contribution is -0.126. The summed E-state index contributed by atoms with van der Waals surface area (Å²) in [6.07, 6.45) is 5.61. The van der Waals surface area contributed by atoms with E-state index in [0.29, 0.717) is 6.54 Å². The van der Waals surface area contributed by atoms with Crippen LogP contribution in [-0.4, -0.2) is 21.6 Å². The van der Waals surface area contributed by atoms with Crippen molar-refractivity contribution < 1.29 is 9.90 Å². The Balaban J connectivity index is 1.43. The number of nitrogens with one attached hydrogen (secondary N) is 1. The first-order chi connectivity index (χ1) is 11.6. The van der Waals surface area contributed by atoms with E-state index < -0.39 is 5.60 Å². The summed E-state index contributed by atoms with van der Waals surface area (Å²) in [5.41, 5.74) is 1.43. The third-order valence-corrected chi connectivity index (χ3v) is 5.52. The van der Waals surface area contributed by atoms with E-state index in [-0.39, 0.29) is 12.3 Å². The van der Waals surface area contributed by atoms with Crippen molar-refractivity contribution in [1.82, 2.24) is 10.3 Å². The number of aryl methyl sites for hydroxylation is 2. The molecule has 1 fully saturated rings. The van der Waals surface area contributed by atoms with Crippen molar-refractivity contribution in [3.8, 4) is 0 Å². The summed E-state index contributed by atoms with van der Waals surface area (Å²) in [6, 6.07) is 10.4. The van der Waals surface area contributed by atoms with Gasteiger partial charge in [-0.15, -0.1) is 11.3 Å². The fourth-order valence-corrected chi connectivity index (χ4v) is 4.00. The van der Waals surface area contributed by atoms with Gasteiger partial charge in [0.15, 0.2) is 0 Å². The van der Waals surface area contributed by atoms with Gasteiger partial charge < -0.3 is 10.4 Å². The molecule has 24 heavy (non-hydrogen) atoms. The summed E-state index contributed by atoms with van der Waals surface area (Å²) in [7, 11) is 0. The van der Waals surface area contributed by atoms with E-state index in [0.717, 1.165) is 49.2 Å². The summed E-state index contributed by atoms with van der Waals surface area (Å²) in [5.74, 6) is -0.0850. The minimum absolute atomic E-state index is 0.0850. The summed E-state index contributed by atoms with van der Waals surface area (Å²) in [6.45, 7) is 0.441. The van der Waals surface area contributed by atoms with E-state index in [2.05, 4.69) is 34.6 Å². The minimum Gasteiger partial charge on any atom is -0.389 e. The van der Waals surface area contributed by atoms with Crippen LogP contribution in [0.4, 0.5) is 0 Å². The van der Waals surface area contributed by atoms with Crippen LogP contribution in [0.2, 0.25) is 0 Å². The smallest absolute Gasteiger partial charge is 0.223 e. The first-order valence-electron chi connectivity index (χ1n) is 8.59. The van der Waals surface area contributed by atoms with Crippen LogP contribution in [0.1, 0.15) is 48.4 Å². The molecule has 0 bridgehead atoms. The van der Waals surface area contributed by atoms with Gasteiger partial charge in [-0.2, -0.15) is 0 Å². The Hall–Kier alpha value is -1.72. The minimum atomic E-state index is -0.785. The molecule has 5 heteroatoms. The van der Waals surface area contributed by atoms with Gasteiger partial charge in [-0.05, 0) is 24.8 Å². The van der Waals surface area contributed by atoms with Crippen molar-refractivity contribution in [2.45, 2.75) is 57.1 Å². The zero-order chi connectivity index (χ0) is 16.8. The van der Waals surface area contributed by atoms with Gasteiger partial charge in [0, 0.05) is 11.8 Å². The lowest BCUT2D eigenvalue weighted by Crippen LogP contribution is -2.34. The van der Waals surface area contributed by atoms with Gasteiger partial charge in [0.1, 0.15) is 0 Å². The van der Waals surface area contributed by atoms with Gasteiger partial charge >= 0.3 is 0 Å². The van der Waals surface area contributed by atoms with Crippen LogP contribution < -0.4 is 5.32 Å². The maximum absolute atomic E-state index is 12.0. The Morgan fingerprint density at radius 2 is 1.96 bits per heavy atom. The van der Waals surface area contributed by atoms with Crippen molar-refractivity contribution in [3.05, 3.63) is 52.0 Å². The van der Waals surface area contributed by atoms with Gasteiger partial charge in [-0.25, -0.2) is 4.98 Å². The highest BCUT2D eigenvalue weighted by atomic mass is 32.1. The van der Waals surface area contributed by atoms with E-state index in [4.69, 9.17) is 0 Å². The quantitative estimate of drug-likeness (QED) is 0.810. The SMILES string of the molecule is O=C(CC1(O)CCCC1)NCc1csc(CCc2ccccc2)n1. The second kappa shape index (κ2) is 7.90. The molecular formula is C19H24N2O2S. The molecule has 1 saturated carbocycles. The molecular weight excluding hydrogens is 320 g/mol. The third-order valence-electron chi connectivity index (χ3n) is 4.56. The number of amides is 1. The average Bonchev–Trinajstić information content (AvgIpc) is 3.21. The molecule has 1 aliphatic rings. The number of rotatable bonds is 7. The first kappa shape index (κ1) is 17.1. The molecule has 0 atom stereocenters. The lowest BCUT2D eigenvalue weighted by atomic mass is 9.98. The molecule has 0 aliphatic heterocycles. The monoisotopic (exact) mass is 344 g/mol. The molecule has 2 N–H and O–H groups in total. The number of hydrogen-bond acceptors (Lipinski definition) is 4. The molecule has 1 aromatic heterocycles. The molecule has 128 valence electrons. The fourth-order valence-electron chi connectivity index (χ4n) is 3.20. The first-order valence-corrected chi connectivity index (χ1v) is 9.47. The largest absolute Gasteiger partial charge is 0.389 e. The predicted molar refractivity (Wildman–Crippen MR) is 95.8 cm³/mol. The van der Waals surface area contributed by atoms with E-state index in [1.165, 1.54) is 5.56 Å². The van der Waals surface area contributed by atoms with Crippen molar-refractivity contribution in [2.24, 2.45) is 0 Å². The normalized spacial score (nSPS) is 16.2. The number of benzene rings is 1. The predicted octanol–water partition coefficient (Wildman–Crippen LogP) is 3.24. The van der Waals surface area contributed by atoms with E-state index in [1.54, 1.807) is 11.3 Å². The highest BCUT2D eigenvalue weighted by Gasteiger charge is 2.33. The summed E-state index contributed by atoms with van der Waals surface area (Å²) in [4.78, 5) is 16.6. The summed E-state index contributed by atoms with van der Waals surface area (Å²) >= 11 is 1.64. The van der Waals surface area contributed by atoms with Crippen molar-refractivity contribution in [3.63, 3.8) is 0 Å². The molecule has 0 saturated heterocycles. The zero-order valence-corrected chi connectivity index (χ0v) is 14.6. The van der Waals surface area contributed by atoms with Crippen molar-refractivity contribution >= 4 is 17.2 Å². The van der Waals surface area contributed by atoms with Crippen molar-refractivity contribution in [2.75, 3.05) is 0 Å². The highest BCUT2D eigenvalue weighted by Crippen LogP contribution is 2.32. The van der Waals surface area contributed by atoms with Gasteiger partial charge in [0.2, 0.25) is 5.91 Å². The number of carbonyl (C=O) groups excluding carboxylic acids is 1. The Kier molecular flexibility index (Phi) is 5.63. The molecule has 1 heterocycles. The Bertz CT molecular complexity index is 663. The third kappa shape index (κ3) is 4.89. The molecule has 1 aromatic carbocycles. The number of aliphatic hydroxyl groups is 1. The Labute approximate surface area is 146 Å². The Morgan fingerprint density at radius 3 is 2.71 bits per heavy atom. The van der Waals surface area contributed by atoms with Crippen LogP contribution in [0, 0.1) is 0 Å². The van der Waals surface area contributed by atoms with Crippen LogP contribution >= 0.6 is 11.3 Å². The van der Waals surface area contributed by atoms with Crippen LogP contribution in [0.3, 0.4) is 0 Å². The molecule has 3 rings (SSSR count). The molecule has 1 aliphatic carbocycles. The topological polar surface area (TPSA) is 62.2 Å². The van der Waals surface area contributed by atoms with Crippen LogP contribution in [0.25, 0.3) is 0 Å². The number of thiazole rings is 1. The standard InChI is InChI=1S/C19H24N2O2S/c22-17(12-19(23)10-4-5-11-19)20-13-16-14-24-18(21-16)9-8-15-6-2-1-3-7-15/h1-3,6-7,14,23H,4-5,8-13H2,(H,20,22). The van der Waals surface area contributed by atoms with E-state index in [1.807, 2.05) is 11.4 Å². The molecule has 0 radical (unpaired) electrons. The molecule has 2 aromatic rings. The number of nitrogens with zero attached hydrogens (tertiary/aromatic N) is 1. The lowest BCUT2D eigenvalue weighted by Gasteiger charge is -2.20.